The fourth-order valence-electron chi connectivity index (χ4n) is 4.81. The van der Waals surface area contributed by atoms with Crippen LogP contribution >= 0.6 is 11.6 Å². The van der Waals surface area contributed by atoms with Crippen LogP contribution in [-0.2, 0) is 10.2 Å². The molecule has 31 heavy (non-hydrogen) atoms. The molecule has 2 amide bonds. The predicted molar refractivity (Wildman–Crippen MR) is 119 cm³/mol. The van der Waals surface area contributed by atoms with Gasteiger partial charge in [-0.2, -0.15) is 0 Å². The smallest absolute Gasteiger partial charge is 0.338 e. The number of hydrogen-bond donors (Lipinski definition) is 1. The van der Waals surface area contributed by atoms with Gasteiger partial charge in [-0.1, -0.05) is 23.7 Å². The maximum absolute atomic E-state index is 13.2. The second kappa shape index (κ2) is 8.85. The summed E-state index contributed by atoms with van der Waals surface area (Å²) in [4.78, 5) is 32.8. The average Bonchev–Trinajstić information content (AvgIpc) is 3.20. The van der Waals surface area contributed by atoms with Gasteiger partial charge in [0.05, 0.1) is 12.7 Å². The van der Waals surface area contributed by atoms with Gasteiger partial charge in [0, 0.05) is 42.3 Å². The van der Waals surface area contributed by atoms with Crippen LogP contribution in [0.5, 0.6) is 0 Å². The largest absolute Gasteiger partial charge is 0.465 e. The first-order chi connectivity index (χ1) is 15.0. The Bertz CT molecular complexity index is 975. The van der Waals surface area contributed by atoms with Crippen LogP contribution in [0.4, 0.5) is 10.6 Å². The fourth-order valence-corrected chi connectivity index (χ4v) is 5.00. The molecule has 0 bridgehead atoms. The summed E-state index contributed by atoms with van der Waals surface area (Å²) >= 11 is 6.21. The van der Waals surface area contributed by atoms with E-state index >= 15 is 0 Å². The van der Waals surface area contributed by atoms with Crippen molar-refractivity contribution in [3.8, 4) is 0 Å². The van der Waals surface area contributed by atoms with Crippen molar-refractivity contribution in [1.82, 2.24) is 9.88 Å². The third kappa shape index (κ3) is 4.12. The molecular formula is C23H27ClN4O3. The van der Waals surface area contributed by atoms with Crippen LogP contribution in [0.15, 0.2) is 42.6 Å². The number of ether oxygens (including phenoxy) is 1. The molecule has 2 fully saturated rings. The number of methoxy groups -OCH3 is 1. The van der Waals surface area contributed by atoms with E-state index in [0.717, 1.165) is 30.7 Å². The van der Waals surface area contributed by atoms with Gasteiger partial charge in [-0.3, -0.25) is 4.90 Å². The Morgan fingerprint density at radius 2 is 2.03 bits per heavy atom. The number of nitrogens with zero attached hydrogens (tertiary/aromatic N) is 3. The number of hydrogen-bond acceptors (Lipinski definition) is 5. The number of pyridine rings is 1. The molecule has 8 heteroatoms. The summed E-state index contributed by atoms with van der Waals surface area (Å²) in [5, 5.41) is 0.722. The number of urea groups is 1. The molecule has 2 N–H and O–H groups in total. The number of carbonyl (C=O) groups is 2. The summed E-state index contributed by atoms with van der Waals surface area (Å²) in [6.45, 7) is 1.74. The Labute approximate surface area is 187 Å². The quantitative estimate of drug-likeness (QED) is 0.714. The van der Waals surface area contributed by atoms with E-state index in [0.29, 0.717) is 31.0 Å². The molecule has 0 unspecified atom stereocenters. The van der Waals surface area contributed by atoms with Crippen molar-refractivity contribution in [2.24, 2.45) is 5.73 Å². The first-order valence-corrected chi connectivity index (χ1v) is 10.9. The van der Waals surface area contributed by atoms with Crippen molar-refractivity contribution in [2.45, 2.75) is 37.1 Å². The zero-order chi connectivity index (χ0) is 22.0. The molecule has 1 aliphatic carbocycles. The first kappa shape index (κ1) is 21.6. The van der Waals surface area contributed by atoms with Crippen LogP contribution < -0.4 is 10.6 Å². The Morgan fingerprint density at radius 3 is 2.71 bits per heavy atom. The summed E-state index contributed by atoms with van der Waals surface area (Å²) in [6, 6.07) is 11.2. The van der Waals surface area contributed by atoms with Crippen molar-refractivity contribution in [3.63, 3.8) is 0 Å². The highest BCUT2D eigenvalue weighted by Crippen LogP contribution is 2.41. The van der Waals surface area contributed by atoms with E-state index in [9.17, 15) is 9.59 Å². The number of benzene rings is 1. The van der Waals surface area contributed by atoms with E-state index in [1.165, 1.54) is 18.9 Å². The highest BCUT2D eigenvalue weighted by atomic mass is 35.5. The standard InChI is InChI=1S/C23H27ClN4O3/c1-31-21(29)16-7-10-26-20(13-16)28-12-11-27(22(28)30)19-5-8-23(15-25,9-6-19)17-3-2-4-18(24)14-17/h2-4,7,10,13-14,19H,5-6,8-9,11-12,15,25H2,1H3. The van der Waals surface area contributed by atoms with E-state index in [4.69, 9.17) is 22.1 Å². The molecule has 1 saturated carbocycles. The monoisotopic (exact) mass is 442 g/mol. The number of amides is 2. The Morgan fingerprint density at radius 1 is 1.26 bits per heavy atom. The Balaban J connectivity index is 1.45. The van der Waals surface area contributed by atoms with Crippen LogP contribution in [-0.4, -0.2) is 54.7 Å². The van der Waals surface area contributed by atoms with Gasteiger partial charge in [-0.15, -0.1) is 0 Å². The van der Waals surface area contributed by atoms with Crippen LogP contribution in [0.2, 0.25) is 5.02 Å². The molecule has 2 aromatic rings. The zero-order valence-corrected chi connectivity index (χ0v) is 18.3. The number of rotatable bonds is 5. The topological polar surface area (TPSA) is 88.8 Å². The number of anilines is 1. The molecule has 164 valence electrons. The summed E-state index contributed by atoms with van der Waals surface area (Å²) in [6.07, 6.45) is 5.12. The highest BCUT2D eigenvalue weighted by molar-refractivity contribution is 6.30. The zero-order valence-electron chi connectivity index (χ0n) is 17.6. The van der Waals surface area contributed by atoms with Gasteiger partial charge in [-0.05, 0) is 55.5 Å². The third-order valence-electron chi connectivity index (χ3n) is 6.66. The molecule has 7 nitrogen and oxygen atoms in total. The van der Waals surface area contributed by atoms with Crippen molar-refractivity contribution >= 4 is 29.4 Å². The SMILES string of the molecule is COC(=O)c1ccnc(N2CCN(C3CCC(CN)(c4cccc(Cl)c4)CC3)C2=O)c1. The van der Waals surface area contributed by atoms with Crippen LogP contribution in [0.3, 0.4) is 0 Å². The van der Waals surface area contributed by atoms with Gasteiger partial charge in [0.25, 0.3) is 0 Å². The fraction of sp³-hybridized carbons (Fsp3) is 0.435. The molecule has 0 radical (unpaired) electrons. The Kier molecular flexibility index (Phi) is 6.16. The van der Waals surface area contributed by atoms with E-state index in [2.05, 4.69) is 11.1 Å². The van der Waals surface area contributed by atoms with E-state index in [1.807, 2.05) is 23.1 Å². The second-order valence-corrected chi connectivity index (χ2v) is 8.68. The van der Waals surface area contributed by atoms with Crippen molar-refractivity contribution in [2.75, 3.05) is 31.6 Å². The molecule has 0 spiro atoms. The summed E-state index contributed by atoms with van der Waals surface area (Å²) in [5.74, 6) is 0.0278. The van der Waals surface area contributed by atoms with Gasteiger partial charge in [0.15, 0.2) is 0 Å². The van der Waals surface area contributed by atoms with Crippen LogP contribution in [0.25, 0.3) is 0 Å². The minimum Gasteiger partial charge on any atom is -0.465 e. The number of aromatic nitrogens is 1. The summed E-state index contributed by atoms with van der Waals surface area (Å²) in [5.41, 5.74) is 7.68. The molecular weight excluding hydrogens is 416 g/mol. The molecule has 4 rings (SSSR count). The number of esters is 1. The molecule has 1 saturated heterocycles. The van der Waals surface area contributed by atoms with Crippen molar-refractivity contribution in [1.29, 1.82) is 0 Å². The van der Waals surface area contributed by atoms with E-state index in [-0.39, 0.29) is 17.5 Å². The maximum Gasteiger partial charge on any atom is 0.338 e. The molecule has 2 aliphatic rings. The summed E-state index contributed by atoms with van der Waals surface area (Å²) < 4.78 is 4.77. The second-order valence-electron chi connectivity index (χ2n) is 8.25. The van der Waals surface area contributed by atoms with Gasteiger partial charge >= 0.3 is 12.0 Å². The lowest BCUT2D eigenvalue weighted by molar-refractivity contribution is 0.0600. The van der Waals surface area contributed by atoms with Crippen LogP contribution in [0.1, 0.15) is 41.6 Å². The molecule has 1 aliphatic heterocycles. The third-order valence-corrected chi connectivity index (χ3v) is 6.90. The normalized spacial score (nSPS) is 23.8. The maximum atomic E-state index is 13.2. The van der Waals surface area contributed by atoms with E-state index < -0.39 is 5.97 Å². The lowest BCUT2D eigenvalue weighted by Crippen LogP contribution is -2.47. The van der Waals surface area contributed by atoms with Gasteiger partial charge in [-0.25, -0.2) is 14.6 Å². The molecule has 2 heterocycles. The number of nitrogens with two attached hydrogens (primary N) is 1. The Hall–Kier alpha value is -2.64. The molecule has 0 atom stereocenters. The minimum atomic E-state index is -0.446. The lowest BCUT2D eigenvalue weighted by Gasteiger charge is -2.42. The highest BCUT2D eigenvalue weighted by Gasteiger charge is 2.41. The minimum absolute atomic E-state index is 0.0671. The van der Waals surface area contributed by atoms with Gasteiger partial charge < -0.3 is 15.4 Å². The van der Waals surface area contributed by atoms with Crippen molar-refractivity contribution < 1.29 is 14.3 Å². The first-order valence-electron chi connectivity index (χ1n) is 10.6. The predicted octanol–water partition coefficient (Wildman–Crippen LogP) is 3.60. The average molecular weight is 443 g/mol. The number of halogens is 1. The van der Waals surface area contributed by atoms with Crippen molar-refractivity contribution in [3.05, 3.63) is 58.7 Å². The van der Waals surface area contributed by atoms with Gasteiger partial charge in [0.1, 0.15) is 5.82 Å². The lowest BCUT2D eigenvalue weighted by atomic mass is 9.68. The molecule has 1 aromatic carbocycles. The van der Waals surface area contributed by atoms with E-state index in [1.54, 1.807) is 17.0 Å². The molecule has 1 aromatic heterocycles. The number of carbonyl (C=O) groups excluding carboxylic acids is 2. The van der Waals surface area contributed by atoms with Crippen LogP contribution in [0, 0.1) is 0 Å². The summed E-state index contributed by atoms with van der Waals surface area (Å²) in [7, 11) is 1.33. The van der Waals surface area contributed by atoms with Gasteiger partial charge in [0.2, 0.25) is 0 Å².